The molecule has 6 nitrogen and oxygen atoms in total. The smallest absolute Gasteiger partial charge is 0.227 e. The van der Waals surface area contributed by atoms with Crippen LogP contribution in [-0.2, 0) is 28.9 Å². The van der Waals surface area contributed by atoms with Gasteiger partial charge in [-0.05, 0) is 19.4 Å². The molecule has 1 aromatic heterocycles. The Morgan fingerprint density at radius 3 is 2.33 bits per heavy atom. The molecule has 0 spiro atoms. The van der Waals surface area contributed by atoms with Crippen molar-refractivity contribution in [1.82, 2.24) is 14.9 Å². The van der Waals surface area contributed by atoms with E-state index in [9.17, 15) is 4.79 Å². The molecule has 0 radical (unpaired) electrons. The van der Waals surface area contributed by atoms with Gasteiger partial charge in [0.05, 0.1) is 30.9 Å². The first-order valence-electron chi connectivity index (χ1n) is 11.7. The number of benzene rings is 2. The normalized spacial score (nSPS) is 20.4. The van der Waals surface area contributed by atoms with Crippen LogP contribution in [0.15, 0.2) is 60.7 Å². The van der Waals surface area contributed by atoms with E-state index in [0.29, 0.717) is 19.5 Å². The SMILES string of the molecule is CC1CN(c2nc(-c3ccccc3)nc3c2CN(C(=O)Cc2ccccc2)CC3)CC(C)O1. The fourth-order valence-electron chi connectivity index (χ4n) is 4.82. The summed E-state index contributed by atoms with van der Waals surface area (Å²) in [5, 5.41) is 0. The van der Waals surface area contributed by atoms with Gasteiger partial charge in [-0.2, -0.15) is 0 Å². The van der Waals surface area contributed by atoms with Gasteiger partial charge in [-0.25, -0.2) is 9.97 Å². The van der Waals surface area contributed by atoms with E-state index in [1.54, 1.807) is 0 Å². The van der Waals surface area contributed by atoms with E-state index in [0.717, 1.165) is 53.5 Å². The van der Waals surface area contributed by atoms with Gasteiger partial charge in [-0.3, -0.25) is 4.79 Å². The Labute approximate surface area is 195 Å². The van der Waals surface area contributed by atoms with Crippen molar-refractivity contribution < 1.29 is 9.53 Å². The van der Waals surface area contributed by atoms with E-state index in [2.05, 4.69) is 30.9 Å². The maximum absolute atomic E-state index is 13.1. The summed E-state index contributed by atoms with van der Waals surface area (Å²) in [6.45, 7) is 6.99. The maximum atomic E-state index is 13.1. The van der Waals surface area contributed by atoms with Gasteiger partial charge in [0.1, 0.15) is 5.82 Å². The Balaban J connectivity index is 1.48. The monoisotopic (exact) mass is 442 g/mol. The van der Waals surface area contributed by atoms with Gasteiger partial charge >= 0.3 is 0 Å². The highest BCUT2D eigenvalue weighted by atomic mass is 16.5. The number of amides is 1. The van der Waals surface area contributed by atoms with Gasteiger partial charge < -0.3 is 14.5 Å². The number of ether oxygens (including phenoxy) is 1. The zero-order valence-electron chi connectivity index (χ0n) is 19.3. The summed E-state index contributed by atoms with van der Waals surface area (Å²) in [5.74, 6) is 1.84. The number of morpholine rings is 1. The Hall–Kier alpha value is -3.25. The molecule has 3 aromatic rings. The topological polar surface area (TPSA) is 58.6 Å². The second-order valence-electron chi connectivity index (χ2n) is 9.05. The number of fused-ring (bicyclic) bond motifs is 1. The molecule has 2 aliphatic rings. The molecule has 1 fully saturated rings. The van der Waals surface area contributed by atoms with Crippen LogP contribution in [0.2, 0.25) is 0 Å². The molecule has 0 bridgehead atoms. The number of carbonyl (C=O) groups excluding carboxylic acids is 1. The van der Waals surface area contributed by atoms with Crippen LogP contribution in [0.3, 0.4) is 0 Å². The number of rotatable bonds is 4. The first-order valence-corrected chi connectivity index (χ1v) is 11.7. The standard InChI is InChI=1S/C27H30N4O2/c1-19-16-31(17-20(2)33-19)27-23-18-30(25(32)15-21-9-5-3-6-10-21)14-13-24(23)28-26(29-27)22-11-7-4-8-12-22/h3-12,19-20H,13-18H2,1-2H3. The van der Waals surface area contributed by atoms with E-state index in [-0.39, 0.29) is 18.1 Å². The van der Waals surface area contributed by atoms with Crippen LogP contribution in [0.25, 0.3) is 11.4 Å². The van der Waals surface area contributed by atoms with Gasteiger partial charge in [0.2, 0.25) is 5.91 Å². The molecule has 0 aliphatic carbocycles. The number of nitrogens with zero attached hydrogens (tertiary/aromatic N) is 4. The van der Waals surface area contributed by atoms with Crippen molar-refractivity contribution in [2.75, 3.05) is 24.5 Å². The van der Waals surface area contributed by atoms with Gasteiger partial charge in [-0.15, -0.1) is 0 Å². The molecule has 2 aromatic carbocycles. The lowest BCUT2D eigenvalue weighted by Gasteiger charge is -2.39. The van der Waals surface area contributed by atoms with Crippen molar-refractivity contribution in [1.29, 1.82) is 0 Å². The summed E-state index contributed by atoms with van der Waals surface area (Å²) in [5.41, 5.74) is 4.18. The molecule has 0 saturated carbocycles. The van der Waals surface area contributed by atoms with E-state index >= 15 is 0 Å². The van der Waals surface area contributed by atoms with Gasteiger partial charge in [0, 0.05) is 37.2 Å². The Kier molecular flexibility index (Phi) is 6.09. The zero-order chi connectivity index (χ0) is 22.8. The minimum absolute atomic E-state index is 0.124. The summed E-state index contributed by atoms with van der Waals surface area (Å²) >= 11 is 0. The molecule has 3 heterocycles. The summed E-state index contributed by atoms with van der Waals surface area (Å²) in [6, 6.07) is 20.1. The minimum atomic E-state index is 0.124. The van der Waals surface area contributed by atoms with Crippen molar-refractivity contribution in [3.05, 3.63) is 77.5 Å². The molecule has 33 heavy (non-hydrogen) atoms. The first-order chi connectivity index (χ1) is 16.1. The fraction of sp³-hybridized carbons (Fsp3) is 0.370. The predicted molar refractivity (Wildman–Crippen MR) is 129 cm³/mol. The molecule has 2 unspecified atom stereocenters. The van der Waals surface area contributed by atoms with Gasteiger partial charge in [0.15, 0.2) is 5.82 Å². The Morgan fingerprint density at radius 2 is 1.64 bits per heavy atom. The van der Waals surface area contributed by atoms with Gasteiger partial charge in [-0.1, -0.05) is 60.7 Å². The molecule has 1 amide bonds. The second kappa shape index (κ2) is 9.32. The average Bonchev–Trinajstić information content (AvgIpc) is 2.83. The summed E-state index contributed by atoms with van der Waals surface area (Å²) in [6.07, 6.45) is 1.40. The van der Waals surface area contributed by atoms with Crippen LogP contribution in [0.5, 0.6) is 0 Å². The first kappa shape index (κ1) is 21.6. The van der Waals surface area contributed by atoms with Crippen LogP contribution in [0.4, 0.5) is 5.82 Å². The molecule has 1 saturated heterocycles. The fourth-order valence-corrected chi connectivity index (χ4v) is 4.82. The van der Waals surface area contributed by atoms with Crippen LogP contribution < -0.4 is 4.90 Å². The third-order valence-electron chi connectivity index (χ3n) is 6.34. The van der Waals surface area contributed by atoms with E-state index in [4.69, 9.17) is 14.7 Å². The lowest BCUT2D eigenvalue weighted by atomic mass is 10.0. The Morgan fingerprint density at radius 1 is 0.970 bits per heavy atom. The quantitative estimate of drug-likeness (QED) is 0.614. The lowest BCUT2D eigenvalue weighted by Crippen LogP contribution is -2.47. The molecular formula is C27H30N4O2. The van der Waals surface area contributed by atoms with E-state index in [1.807, 2.05) is 53.4 Å². The summed E-state index contributed by atoms with van der Waals surface area (Å²) in [7, 11) is 0. The third-order valence-corrected chi connectivity index (χ3v) is 6.34. The van der Waals surface area contributed by atoms with Crippen molar-refractivity contribution in [2.45, 2.75) is 45.4 Å². The zero-order valence-corrected chi connectivity index (χ0v) is 19.3. The Bertz CT molecular complexity index is 1110. The number of carbonyl (C=O) groups is 1. The van der Waals surface area contributed by atoms with Crippen LogP contribution in [-0.4, -0.2) is 52.6 Å². The van der Waals surface area contributed by atoms with Crippen LogP contribution >= 0.6 is 0 Å². The van der Waals surface area contributed by atoms with E-state index < -0.39 is 0 Å². The van der Waals surface area contributed by atoms with Crippen molar-refractivity contribution in [3.8, 4) is 11.4 Å². The largest absolute Gasteiger partial charge is 0.372 e. The number of hydrogen-bond donors (Lipinski definition) is 0. The van der Waals surface area contributed by atoms with Crippen LogP contribution in [0.1, 0.15) is 30.7 Å². The highest BCUT2D eigenvalue weighted by Crippen LogP contribution is 2.31. The maximum Gasteiger partial charge on any atom is 0.227 e. The van der Waals surface area contributed by atoms with Crippen LogP contribution in [0, 0.1) is 0 Å². The van der Waals surface area contributed by atoms with E-state index in [1.165, 1.54) is 0 Å². The molecule has 2 atom stereocenters. The number of hydrogen-bond acceptors (Lipinski definition) is 5. The third kappa shape index (κ3) is 4.76. The lowest BCUT2D eigenvalue weighted by molar-refractivity contribution is -0.131. The molecule has 170 valence electrons. The van der Waals surface area contributed by atoms with Crippen molar-refractivity contribution >= 4 is 11.7 Å². The molecule has 2 aliphatic heterocycles. The molecule has 5 rings (SSSR count). The minimum Gasteiger partial charge on any atom is -0.372 e. The summed E-state index contributed by atoms with van der Waals surface area (Å²) in [4.78, 5) is 27.4. The molecule has 6 heteroatoms. The van der Waals surface area contributed by atoms with Crippen molar-refractivity contribution in [3.63, 3.8) is 0 Å². The predicted octanol–water partition coefficient (Wildman–Crippen LogP) is 3.88. The number of anilines is 1. The molecule has 0 N–H and O–H groups in total. The highest BCUT2D eigenvalue weighted by molar-refractivity contribution is 5.79. The average molecular weight is 443 g/mol. The summed E-state index contributed by atoms with van der Waals surface area (Å²) < 4.78 is 5.97. The second-order valence-corrected chi connectivity index (χ2v) is 9.05. The number of aromatic nitrogens is 2. The highest BCUT2D eigenvalue weighted by Gasteiger charge is 2.31. The van der Waals surface area contributed by atoms with Crippen molar-refractivity contribution in [2.24, 2.45) is 0 Å². The molecular weight excluding hydrogens is 412 g/mol. The van der Waals surface area contributed by atoms with Gasteiger partial charge in [0.25, 0.3) is 0 Å².